The highest BCUT2D eigenvalue weighted by Crippen LogP contribution is 2.29. The molecule has 35 heavy (non-hydrogen) atoms. The fourth-order valence-corrected chi connectivity index (χ4v) is 3.36. The first kappa shape index (κ1) is 29.4. The smallest absolute Gasteiger partial charge is 0.408 e. The van der Waals surface area contributed by atoms with Crippen LogP contribution in [0.5, 0.6) is 0 Å². The molecule has 0 aliphatic rings. The number of ether oxygens (including phenoxy) is 1. The topological polar surface area (TPSA) is 171 Å². The van der Waals surface area contributed by atoms with Crippen LogP contribution in [-0.4, -0.2) is 58.2 Å². The van der Waals surface area contributed by atoms with E-state index in [0.29, 0.717) is 0 Å². The average Bonchev–Trinajstić information content (AvgIpc) is 2.74. The van der Waals surface area contributed by atoms with Crippen LogP contribution in [0.1, 0.15) is 47.1 Å². The number of carbonyl (C=O) groups excluding carboxylic acids is 3. The van der Waals surface area contributed by atoms with Crippen molar-refractivity contribution < 1.29 is 38.9 Å². The van der Waals surface area contributed by atoms with Crippen molar-refractivity contribution in [1.82, 2.24) is 16.0 Å². The van der Waals surface area contributed by atoms with Gasteiger partial charge in [0.1, 0.15) is 24.7 Å². The summed E-state index contributed by atoms with van der Waals surface area (Å²) in [5.41, 5.74) is -0.212. The van der Waals surface area contributed by atoms with E-state index in [1.54, 1.807) is 58.9 Å². The summed E-state index contributed by atoms with van der Waals surface area (Å²) in [7, 11) is 0. The van der Waals surface area contributed by atoms with Gasteiger partial charge in [-0.3, -0.25) is 14.4 Å². The molecule has 11 nitrogen and oxygen atoms in total. The molecule has 0 fully saturated rings. The second-order valence-electron chi connectivity index (χ2n) is 9.66. The Morgan fingerprint density at radius 3 is 1.83 bits per heavy atom. The van der Waals surface area contributed by atoms with Crippen LogP contribution in [0.15, 0.2) is 30.3 Å². The molecule has 11 heteroatoms. The highest BCUT2D eigenvalue weighted by molar-refractivity contribution is 5.94. The van der Waals surface area contributed by atoms with Gasteiger partial charge in [-0.25, -0.2) is 9.59 Å². The normalized spacial score (nSPS) is 14.7. The molecule has 0 saturated carbocycles. The van der Waals surface area contributed by atoms with Crippen LogP contribution in [-0.2, 0) is 30.5 Å². The minimum absolute atomic E-state index is 0.00708. The van der Waals surface area contributed by atoms with E-state index in [-0.39, 0.29) is 6.61 Å². The highest BCUT2D eigenvalue weighted by Gasteiger charge is 2.44. The van der Waals surface area contributed by atoms with Gasteiger partial charge in [0, 0.05) is 0 Å². The van der Waals surface area contributed by atoms with Crippen molar-refractivity contribution in [1.29, 1.82) is 0 Å². The Labute approximate surface area is 204 Å². The van der Waals surface area contributed by atoms with Gasteiger partial charge in [0.2, 0.25) is 11.8 Å². The first-order chi connectivity index (χ1) is 16.1. The predicted molar refractivity (Wildman–Crippen MR) is 126 cm³/mol. The summed E-state index contributed by atoms with van der Waals surface area (Å²) in [4.78, 5) is 61.1. The number of carbonyl (C=O) groups is 5. The van der Waals surface area contributed by atoms with E-state index in [9.17, 15) is 34.2 Å². The minimum atomic E-state index is -1.72. The molecule has 1 rings (SSSR count). The minimum Gasteiger partial charge on any atom is -0.481 e. The van der Waals surface area contributed by atoms with E-state index in [1.807, 2.05) is 6.07 Å². The maximum atomic E-state index is 12.9. The molecule has 0 radical (unpaired) electrons. The van der Waals surface area contributed by atoms with Crippen molar-refractivity contribution in [3.63, 3.8) is 0 Å². The summed E-state index contributed by atoms with van der Waals surface area (Å²) in [6.45, 7) is 9.33. The molecule has 1 unspecified atom stereocenters. The van der Waals surface area contributed by atoms with Crippen molar-refractivity contribution in [3.8, 4) is 0 Å². The highest BCUT2D eigenvalue weighted by atomic mass is 16.5. The van der Waals surface area contributed by atoms with Gasteiger partial charge in [-0.05, 0) is 23.8 Å². The lowest BCUT2D eigenvalue weighted by atomic mass is 9.76. The Kier molecular flexibility index (Phi) is 10.7. The van der Waals surface area contributed by atoms with E-state index in [4.69, 9.17) is 4.74 Å². The quantitative estimate of drug-likeness (QED) is 0.310. The third-order valence-corrected chi connectivity index (χ3v) is 5.28. The molecule has 0 saturated heterocycles. The number of carboxylic acids is 2. The van der Waals surface area contributed by atoms with Gasteiger partial charge in [-0.15, -0.1) is 0 Å². The maximum Gasteiger partial charge on any atom is 0.408 e. The molecule has 0 aliphatic carbocycles. The number of aliphatic carboxylic acids is 2. The van der Waals surface area contributed by atoms with E-state index in [0.717, 1.165) is 5.56 Å². The zero-order valence-corrected chi connectivity index (χ0v) is 20.8. The van der Waals surface area contributed by atoms with Crippen molar-refractivity contribution in [2.45, 2.75) is 66.3 Å². The Balaban J connectivity index is 2.83. The molecular weight excluding hydrogens is 458 g/mol. The summed E-state index contributed by atoms with van der Waals surface area (Å²) >= 11 is 0. The third-order valence-electron chi connectivity index (χ3n) is 5.28. The molecule has 0 aliphatic heterocycles. The lowest BCUT2D eigenvalue weighted by Gasteiger charge is -2.33. The fraction of sp³-hybridized carbons (Fsp3) is 0.542. The number of amides is 3. The fourth-order valence-electron chi connectivity index (χ4n) is 3.36. The van der Waals surface area contributed by atoms with Gasteiger partial charge in [0.05, 0.1) is 5.92 Å². The average molecular weight is 494 g/mol. The standard InChI is InChI=1S/C24H35N3O8/c1-13(2)17(20(29)27-18(22(32)33)16(21(30)31)24(4,5)6)26-19(28)14(3)25-23(34)35-12-15-10-8-7-9-11-15/h7-11,13-14,16-18H,12H2,1-6H3,(H,25,34)(H,26,28)(H,27,29)(H,30,31)(H,32,33)/t14-,16?,17-,18-/m0/s1. The molecule has 0 aromatic heterocycles. The molecule has 0 spiro atoms. The molecule has 4 atom stereocenters. The Hall–Kier alpha value is -3.63. The molecule has 194 valence electrons. The Bertz CT molecular complexity index is 911. The van der Waals surface area contributed by atoms with Gasteiger partial charge in [0.25, 0.3) is 0 Å². The van der Waals surface area contributed by atoms with Crippen molar-refractivity contribution in [3.05, 3.63) is 35.9 Å². The van der Waals surface area contributed by atoms with Crippen molar-refractivity contribution in [2.24, 2.45) is 17.3 Å². The second kappa shape index (κ2) is 12.7. The lowest BCUT2D eigenvalue weighted by molar-refractivity contribution is -0.156. The lowest BCUT2D eigenvalue weighted by Crippen LogP contribution is -2.59. The van der Waals surface area contributed by atoms with Crippen LogP contribution in [0, 0.1) is 17.3 Å². The molecule has 1 aromatic rings. The Morgan fingerprint density at radius 1 is 0.829 bits per heavy atom. The number of carboxylic acid groups (broad SMARTS) is 2. The molecule has 0 bridgehead atoms. The van der Waals surface area contributed by atoms with Crippen molar-refractivity contribution >= 4 is 29.8 Å². The second-order valence-corrected chi connectivity index (χ2v) is 9.66. The first-order valence-corrected chi connectivity index (χ1v) is 11.2. The summed E-state index contributed by atoms with van der Waals surface area (Å²) < 4.78 is 5.08. The Morgan fingerprint density at radius 2 is 1.37 bits per heavy atom. The largest absolute Gasteiger partial charge is 0.481 e. The van der Waals surface area contributed by atoms with E-state index in [1.165, 1.54) is 6.92 Å². The summed E-state index contributed by atoms with van der Waals surface area (Å²) in [6, 6.07) is 4.98. The summed E-state index contributed by atoms with van der Waals surface area (Å²) in [5, 5.41) is 26.3. The van der Waals surface area contributed by atoms with E-state index < -0.39 is 65.2 Å². The maximum absolute atomic E-state index is 12.9. The number of benzene rings is 1. The number of hydrogen-bond donors (Lipinski definition) is 5. The number of hydrogen-bond acceptors (Lipinski definition) is 6. The third kappa shape index (κ3) is 9.26. The number of rotatable bonds is 11. The van der Waals surface area contributed by atoms with Crippen LogP contribution in [0.25, 0.3) is 0 Å². The SMILES string of the molecule is CC(C)[C@H](NC(=O)[C@H](C)NC(=O)OCc1ccccc1)C(=O)N[C@H](C(=O)O)C(C(=O)O)C(C)(C)C. The monoisotopic (exact) mass is 493 g/mol. The first-order valence-electron chi connectivity index (χ1n) is 11.2. The van der Waals surface area contributed by atoms with Crippen LogP contribution < -0.4 is 16.0 Å². The van der Waals surface area contributed by atoms with Crippen LogP contribution in [0.3, 0.4) is 0 Å². The van der Waals surface area contributed by atoms with Crippen molar-refractivity contribution in [2.75, 3.05) is 0 Å². The molecule has 1 aromatic carbocycles. The summed E-state index contributed by atoms with van der Waals surface area (Å²) in [5.74, 6) is -6.33. The van der Waals surface area contributed by atoms with Crippen LogP contribution in [0.4, 0.5) is 4.79 Å². The van der Waals surface area contributed by atoms with Crippen LogP contribution >= 0.6 is 0 Å². The van der Waals surface area contributed by atoms with Gasteiger partial charge in [0.15, 0.2) is 0 Å². The number of alkyl carbamates (subject to hydrolysis) is 1. The summed E-state index contributed by atoms with van der Waals surface area (Å²) in [6.07, 6.45) is -0.831. The zero-order valence-electron chi connectivity index (χ0n) is 20.8. The van der Waals surface area contributed by atoms with E-state index in [2.05, 4.69) is 16.0 Å². The molecule has 5 N–H and O–H groups in total. The molecule has 3 amide bonds. The van der Waals surface area contributed by atoms with Gasteiger partial charge in [-0.2, -0.15) is 0 Å². The molecular formula is C24H35N3O8. The molecule has 0 heterocycles. The van der Waals surface area contributed by atoms with Gasteiger partial charge >= 0.3 is 18.0 Å². The van der Waals surface area contributed by atoms with E-state index >= 15 is 0 Å². The van der Waals surface area contributed by atoms with Gasteiger partial charge in [-0.1, -0.05) is 65.0 Å². The van der Waals surface area contributed by atoms with Gasteiger partial charge < -0.3 is 30.9 Å². The van der Waals surface area contributed by atoms with Crippen LogP contribution in [0.2, 0.25) is 0 Å². The number of nitrogens with one attached hydrogen (secondary N) is 3. The zero-order chi connectivity index (χ0) is 26.9. The predicted octanol–water partition coefficient (Wildman–Crippen LogP) is 1.76.